The van der Waals surface area contributed by atoms with Gasteiger partial charge in [-0.3, -0.25) is 0 Å². The maximum absolute atomic E-state index is 9.17. The molecule has 0 radical (unpaired) electrons. The van der Waals surface area contributed by atoms with Crippen LogP contribution in [0.4, 0.5) is 5.82 Å². The minimum Gasteiger partial charge on any atom is -0.392 e. The van der Waals surface area contributed by atoms with Gasteiger partial charge in [-0.15, -0.1) is 0 Å². The molecular weight excluding hydrogens is 240 g/mol. The summed E-state index contributed by atoms with van der Waals surface area (Å²) in [6.07, 6.45) is 4.40. The van der Waals surface area contributed by atoms with Gasteiger partial charge in [-0.2, -0.15) is 0 Å². The third kappa shape index (κ3) is 3.45. The van der Waals surface area contributed by atoms with E-state index in [0.29, 0.717) is 12.6 Å². The summed E-state index contributed by atoms with van der Waals surface area (Å²) in [5.41, 5.74) is 1.99. The number of hydrogen-bond donors (Lipinski definition) is 1. The van der Waals surface area contributed by atoms with E-state index in [-0.39, 0.29) is 6.61 Å². The van der Waals surface area contributed by atoms with E-state index >= 15 is 0 Å². The number of ether oxygens (including phenoxy) is 1. The van der Waals surface area contributed by atoms with Gasteiger partial charge in [0.15, 0.2) is 0 Å². The average Bonchev–Trinajstić information content (AvgIpc) is 3.24. The Morgan fingerprint density at radius 3 is 2.79 bits per heavy atom. The first kappa shape index (κ1) is 14.3. The van der Waals surface area contributed by atoms with Gasteiger partial charge in [-0.1, -0.05) is 0 Å². The number of aromatic nitrogens is 1. The molecule has 1 aromatic rings. The zero-order valence-corrected chi connectivity index (χ0v) is 12.1. The van der Waals surface area contributed by atoms with E-state index in [0.717, 1.165) is 29.4 Å². The van der Waals surface area contributed by atoms with Gasteiger partial charge in [-0.25, -0.2) is 4.98 Å². The van der Waals surface area contributed by atoms with Gasteiger partial charge >= 0.3 is 0 Å². The van der Waals surface area contributed by atoms with Crippen molar-refractivity contribution in [2.75, 3.05) is 25.2 Å². The van der Waals surface area contributed by atoms with Crippen LogP contribution >= 0.6 is 0 Å². The monoisotopic (exact) mass is 264 g/mol. The summed E-state index contributed by atoms with van der Waals surface area (Å²) in [7, 11) is 1.73. The van der Waals surface area contributed by atoms with Gasteiger partial charge in [0.1, 0.15) is 5.82 Å². The number of aliphatic hydroxyl groups is 1. The minimum absolute atomic E-state index is 0.0460. The molecule has 106 valence electrons. The quantitative estimate of drug-likeness (QED) is 0.819. The lowest BCUT2D eigenvalue weighted by Gasteiger charge is -2.31. The lowest BCUT2D eigenvalue weighted by Crippen LogP contribution is -2.38. The Morgan fingerprint density at radius 1 is 1.53 bits per heavy atom. The topological polar surface area (TPSA) is 45.6 Å². The highest BCUT2D eigenvalue weighted by Gasteiger charge is 2.33. The molecule has 0 spiro atoms. The molecule has 1 aromatic heterocycles. The fourth-order valence-electron chi connectivity index (χ4n) is 2.54. The first-order valence-electron chi connectivity index (χ1n) is 6.99. The van der Waals surface area contributed by atoms with Gasteiger partial charge in [0.05, 0.1) is 13.2 Å². The molecular formula is C15H24N2O2. The molecule has 0 bridgehead atoms. The maximum Gasteiger partial charge on any atom is 0.131 e. The third-order valence-corrected chi connectivity index (χ3v) is 3.89. The normalized spacial score (nSPS) is 16.4. The van der Waals surface area contributed by atoms with Gasteiger partial charge in [0.25, 0.3) is 0 Å². The van der Waals surface area contributed by atoms with Crippen LogP contribution in [0.2, 0.25) is 0 Å². The van der Waals surface area contributed by atoms with Crippen LogP contribution in [0.3, 0.4) is 0 Å². The molecule has 0 aromatic carbocycles. The Labute approximate surface area is 115 Å². The van der Waals surface area contributed by atoms with Crippen molar-refractivity contribution in [2.24, 2.45) is 5.92 Å². The second kappa shape index (κ2) is 6.35. The Balaban J connectivity index is 2.20. The summed E-state index contributed by atoms with van der Waals surface area (Å²) in [4.78, 5) is 6.89. The smallest absolute Gasteiger partial charge is 0.131 e. The maximum atomic E-state index is 9.17. The summed E-state index contributed by atoms with van der Waals surface area (Å²) in [6.45, 7) is 5.94. The summed E-state index contributed by atoms with van der Waals surface area (Å²) >= 11 is 0. The van der Waals surface area contributed by atoms with E-state index in [2.05, 4.69) is 23.7 Å². The second-order valence-corrected chi connectivity index (χ2v) is 5.41. The van der Waals surface area contributed by atoms with E-state index in [1.54, 1.807) is 13.3 Å². The summed E-state index contributed by atoms with van der Waals surface area (Å²) < 4.78 is 5.22. The number of methoxy groups -OCH3 is 1. The van der Waals surface area contributed by atoms with Gasteiger partial charge in [-0.05, 0) is 49.8 Å². The zero-order chi connectivity index (χ0) is 13.8. The van der Waals surface area contributed by atoms with Gasteiger partial charge < -0.3 is 14.7 Å². The molecule has 2 rings (SSSR count). The van der Waals surface area contributed by atoms with Crippen molar-refractivity contribution >= 4 is 5.82 Å². The third-order valence-electron chi connectivity index (χ3n) is 3.89. The highest BCUT2D eigenvalue weighted by Crippen LogP contribution is 2.37. The minimum atomic E-state index is 0.0460. The van der Waals surface area contributed by atoms with Crippen LogP contribution in [0.15, 0.2) is 12.3 Å². The summed E-state index contributed by atoms with van der Waals surface area (Å²) in [5, 5.41) is 9.17. The Kier molecular flexibility index (Phi) is 4.77. The lowest BCUT2D eigenvalue weighted by atomic mass is 10.1. The van der Waals surface area contributed by atoms with Crippen molar-refractivity contribution in [1.29, 1.82) is 0 Å². The van der Waals surface area contributed by atoms with Crippen molar-refractivity contribution in [2.45, 2.75) is 39.3 Å². The van der Waals surface area contributed by atoms with Crippen LogP contribution < -0.4 is 4.90 Å². The molecule has 1 unspecified atom stereocenters. The van der Waals surface area contributed by atoms with E-state index < -0.39 is 0 Å². The van der Waals surface area contributed by atoms with Crippen molar-refractivity contribution in [3.05, 3.63) is 23.4 Å². The average molecular weight is 264 g/mol. The van der Waals surface area contributed by atoms with E-state index in [9.17, 15) is 0 Å². The van der Waals surface area contributed by atoms with Gasteiger partial charge in [0.2, 0.25) is 0 Å². The van der Waals surface area contributed by atoms with Crippen molar-refractivity contribution in [3.63, 3.8) is 0 Å². The van der Waals surface area contributed by atoms with Crippen LogP contribution in [0.25, 0.3) is 0 Å². The van der Waals surface area contributed by atoms with Crippen LogP contribution in [-0.4, -0.2) is 36.4 Å². The highest BCUT2D eigenvalue weighted by atomic mass is 16.5. The molecule has 1 N–H and O–H groups in total. The molecule has 0 amide bonds. The Morgan fingerprint density at radius 2 is 2.26 bits per heavy atom. The number of aryl methyl sites for hydroxylation is 1. The van der Waals surface area contributed by atoms with Crippen molar-refractivity contribution in [3.8, 4) is 0 Å². The molecule has 1 heterocycles. The molecule has 4 nitrogen and oxygen atoms in total. The second-order valence-electron chi connectivity index (χ2n) is 5.41. The van der Waals surface area contributed by atoms with Crippen molar-refractivity contribution < 1.29 is 9.84 Å². The predicted octanol–water partition coefficient (Wildman–Crippen LogP) is 2.13. The fraction of sp³-hybridized carbons (Fsp3) is 0.667. The van der Waals surface area contributed by atoms with E-state index in [1.807, 2.05) is 6.07 Å². The molecule has 1 aliphatic rings. The Hall–Kier alpha value is -1.13. The van der Waals surface area contributed by atoms with Gasteiger partial charge in [0, 0.05) is 25.9 Å². The molecule has 4 heteroatoms. The number of pyridine rings is 1. The molecule has 0 aliphatic heterocycles. The summed E-state index contributed by atoms with van der Waals surface area (Å²) in [5.74, 6) is 1.81. The zero-order valence-electron chi connectivity index (χ0n) is 12.1. The lowest BCUT2D eigenvalue weighted by molar-refractivity contribution is 0.202. The predicted molar refractivity (Wildman–Crippen MR) is 76.3 cm³/mol. The molecule has 0 saturated heterocycles. The fourth-order valence-corrected chi connectivity index (χ4v) is 2.54. The summed E-state index contributed by atoms with van der Waals surface area (Å²) in [6, 6.07) is 2.52. The first-order valence-corrected chi connectivity index (χ1v) is 6.99. The Bertz CT molecular complexity index is 419. The molecule has 19 heavy (non-hydrogen) atoms. The molecule has 1 atom stereocenters. The number of aliphatic hydroxyl groups excluding tert-OH is 1. The highest BCUT2D eigenvalue weighted by molar-refractivity contribution is 5.48. The van der Waals surface area contributed by atoms with Crippen LogP contribution in [0, 0.1) is 12.8 Å². The standard InChI is InChI=1S/C15H24N2O2/c1-11-8-13(10-18)9-16-15(11)17(6-7-19-3)12(2)14-4-5-14/h8-9,12,14,18H,4-7,10H2,1-3H3. The first-order chi connectivity index (χ1) is 9.17. The van der Waals surface area contributed by atoms with E-state index in [1.165, 1.54) is 12.8 Å². The van der Waals surface area contributed by atoms with E-state index in [4.69, 9.17) is 9.84 Å². The molecule has 1 saturated carbocycles. The van der Waals surface area contributed by atoms with Crippen LogP contribution in [0.5, 0.6) is 0 Å². The number of hydrogen-bond acceptors (Lipinski definition) is 4. The number of rotatable bonds is 7. The van der Waals surface area contributed by atoms with Crippen LogP contribution in [0.1, 0.15) is 30.9 Å². The van der Waals surface area contributed by atoms with Crippen LogP contribution in [-0.2, 0) is 11.3 Å². The van der Waals surface area contributed by atoms with Crippen molar-refractivity contribution in [1.82, 2.24) is 4.98 Å². The number of nitrogens with zero attached hydrogens (tertiary/aromatic N) is 2. The SMILES string of the molecule is COCCN(c1ncc(CO)cc1C)C(C)C1CC1. The largest absolute Gasteiger partial charge is 0.392 e. The molecule has 1 aliphatic carbocycles. The molecule has 1 fully saturated rings. The number of anilines is 1.